The summed E-state index contributed by atoms with van der Waals surface area (Å²) < 4.78 is 6.67. The number of nitrogens with zero attached hydrogens (tertiary/aromatic N) is 3. The Kier molecular flexibility index (Phi) is 4.48. The first-order chi connectivity index (χ1) is 9.65. The van der Waals surface area contributed by atoms with Crippen LogP contribution >= 0.6 is 0 Å². The van der Waals surface area contributed by atoms with Crippen LogP contribution in [0.3, 0.4) is 0 Å². The highest BCUT2D eigenvalue weighted by Crippen LogP contribution is 2.06. The standard InChI is InChI=1S/C12H15N5O3/c1-9-7-10(16-20-9)15-12(19)11(18)14-3-2-5-17-6-4-13-8-17/h4,6-8H,2-3,5H2,1H3,(H,14,18)(H,15,16,19). The Morgan fingerprint density at radius 3 is 2.90 bits per heavy atom. The fraction of sp³-hybridized carbons (Fsp3) is 0.333. The maximum Gasteiger partial charge on any atom is 0.314 e. The van der Waals surface area contributed by atoms with Crippen molar-refractivity contribution in [2.75, 3.05) is 11.9 Å². The molecule has 2 N–H and O–H groups in total. The monoisotopic (exact) mass is 277 g/mol. The summed E-state index contributed by atoms with van der Waals surface area (Å²) in [5.74, 6) is -0.681. The normalized spacial score (nSPS) is 10.2. The van der Waals surface area contributed by atoms with Crippen LogP contribution in [0, 0.1) is 6.92 Å². The highest BCUT2D eigenvalue weighted by Gasteiger charge is 2.14. The third kappa shape index (κ3) is 3.94. The molecule has 8 nitrogen and oxygen atoms in total. The van der Waals surface area contributed by atoms with Crippen LogP contribution < -0.4 is 10.6 Å². The molecule has 2 aromatic rings. The van der Waals surface area contributed by atoms with E-state index in [-0.39, 0.29) is 5.82 Å². The van der Waals surface area contributed by atoms with Gasteiger partial charge in [-0.15, -0.1) is 0 Å². The molecule has 2 heterocycles. The Balaban J connectivity index is 1.67. The van der Waals surface area contributed by atoms with Gasteiger partial charge in [-0.05, 0) is 13.3 Å². The molecule has 0 bridgehead atoms. The van der Waals surface area contributed by atoms with Crippen molar-refractivity contribution in [1.29, 1.82) is 0 Å². The van der Waals surface area contributed by atoms with Gasteiger partial charge in [-0.2, -0.15) is 0 Å². The lowest BCUT2D eigenvalue weighted by molar-refractivity contribution is -0.136. The van der Waals surface area contributed by atoms with Crippen molar-refractivity contribution in [1.82, 2.24) is 20.0 Å². The number of nitrogens with one attached hydrogen (secondary N) is 2. The molecule has 0 unspecified atom stereocenters. The fourth-order valence-electron chi connectivity index (χ4n) is 1.56. The summed E-state index contributed by atoms with van der Waals surface area (Å²) in [6.45, 7) is 2.82. The Hall–Kier alpha value is -2.64. The Morgan fingerprint density at radius 2 is 2.25 bits per heavy atom. The van der Waals surface area contributed by atoms with Crippen molar-refractivity contribution >= 4 is 17.6 Å². The average Bonchev–Trinajstić information content (AvgIpc) is 3.06. The zero-order valence-corrected chi connectivity index (χ0v) is 11.0. The quantitative estimate of drug-likeness (QED) is 0.605. The number of carbonyl (C=O) groups excluding carboxylic acids is 2. The lowest BCUT2D eigenvalue weighted by Crippen LogP contribution is -2.36. The first-order valence-electron chi connectivity index (χ1n) is 6.13. The summed E-state index contributed by atoms with van der Waals surface area (Å²) in [4.78, 5) is 26.9. The van der Waals surface area contributed by atoms with Gasteiger partial charge < -0.3 is 14.4 Å². The van der Waals surface area contributed by atoms with Gasteiger partial charge >= 0.3 is 11.8 Å². The molecule has 2 rings (SSSR count). The zero-order chi connectivity index (χ0) is 14.4. The number of rotatable bonds is 5. The summed E-state index contributed by atoms with van der Waals surface area (Å²) in [5.41, 5.74) is 0. The molecule has 2 amide bonds. The lowest BCUT2D eigenvalue weighted by Gasteiger charge is -2.05. The number of amides is 2. The minimum absolute atomic E-state index is 0.223. The second-order valence-electron chi connectivity index (χ2n) is 4.19. The number of anilines is 1. The molecule has 2 aromatic heterocycles. The van der Waals surface area contributed by atoms with Crippen molar-refractivity contribution in [3.05, 3.63) is 30.5 Å². The second kappa shape index (κ2) is 6.50. The Bertz CT molecular complexity index is 576. The Morgan fingerprint density at radius 1 is 1.40 bits per heavy atom. The maximum atomic E-state index is 11.5. The van der Waals surface area contributed by atoms with Crippen LogP contribution in [0.15, 0.2) is 29.3 Å². The van der Waals surface area contributed by atoms with Crippen LogP contribution in [-0.2, 0) is 16.1 Å². The van der Waals surface area contributed by atoms with Gasteiger partial charge in [0.25, 0.3) is 0 Å². The van der Waals surface area contributed by atoms with Gasteiger partial charge in [-0.25, -0.2) is 4.98 Å². The molecule has 0 fully saturated rings. The van der Waals surface area contributed by atoms with Crippen molar-refractivity contribution in [3.63, 3.8) is 0 Å². The van der Waals surface area contributed by atoms with Crippen LogP contribution in [0.25, 0.3) is 0 Å². The lowest BCUT2D eigenvalue weighted by atomic mass is 10.4. The van der Waals surface area contributed by atoms with E-state index in [1.54, 1.807) is 19.4 Å². The van der Waals surface area contributed by atoms with Gasteiger partial charge in [0.05, 0.1) is 6.33 Å². The van der Waals surface area contributed by atoms with Crippen molar-refractivity contribution in [3.8, 4) is 0 Å². The molecule has 0 aliphatic rings. The fourth-order valence-corrected chi connectivity index (χ4v) is 1.56. The molecule has 20 heavy (non-hydrogen) atoms. The summed E-state index contributed by atoms with van der Waals surface area (Å²) in [5, 5.41) is 8.45. The van der Waals surface area contributed by atoms with E-state index in [4.69, 9.17) is 4.52 Å². The molecule has 8 heteroatoms. The number of imidazole rings is 1. The van der Waals surface area contributed by atoms with E-state index in [0.717, 1.165) is 6.54 Å². The summed E-state index contributed by atoms with van der Waals surface area (Å²) in [6, 6.07) is 1.53. The van der Waals surface area contributed by atoms with E-state index in [1.807, 2.05) is 10.8 Å². The first kappa shape index (κ1) is 13.8. The van der Waals surface area contributed by atoms with Gasteiger partial charge in [-0.3, -0.25) is 14.9 Å². The summed E-state index contributed by atoms with van der Waals surface area (Å²) in [6.07, 6.45) is 5.92. The van der Waals surface area contributed by atoms with Gasteiger partial charge in [-0.1, -0.05) is 5.16 Å². The predicted octanol–water partition coefficient (Wildman–Crippen LogP) is 0.325. The molecule has 0 spiro atoms. The largest absolute Gasteiger partial charge is 0.360 e. The highest BCUT2D eigenvalue weighted by atomic mass is 16.5. The van der Waals surface area contributed by atoms with Crippen LogP contribution in [-0.4, -0.2) is 33.1 Å². The van der Waals surface area contributed by atoms with E-state index in [1.165, 1.54) is 6.07 Å². The predicted molar refractivity (Wildman–Crippen MR) is 69.7 cm³/mol. The second-order valence-corrected chi connectivity index (χ2v) is 4.19. The molecule has 0 saturated heterocycles. The average molecular weight is 277 g/mol. The molecule has 0 aliphatic heterocycles. The molecule has 0 saturated carbocycles. The summed E-state index contributed by atoms with van der Waals surface area (Å²) >= 11 is 0. The van der Waals surface area contributed by atoms with E-state index >= 15 is 0 Å². The minimum Gasteiger partial charge on any atom is -0.360 e. The van der Waals surface area contributed by atoms with Crippen LogP contribution in [0.1, 0.15) is 12.2 Å². The van der Waals surface area contributed by atoms with E-state index in [2.05, 4.69) is 20.8 Å². The molecular weight excluding hydrogens is 262 g/mol. The molecule has 0 atom stereocenters. The zero-order valence-electron chi connectivity index (χ0n) is 11.0. The third-order valence-electron chi connectivity index (χ3n) is 2.51. The number of aryl methyl sites for hydroxylation is 2. The van der Waals surface area contributed by atoms with Crippen molar-refractivity contribution in [2.45, 2.75) is 19.9 Å². The van der Waals surface area contributed by atoms with Gasteiger partial charge in [0.15, 0.2) is 5.82 Å². The summed E-state index contributed by atoms with van der Waals surface area (Å²) in [7, 11) is 0. The minimum atomic E-state index is -0.763. The maximum absolute atomic E-state index is 11.5. The smallest absolute Gasteiger partial charge is 0.314 e. The van der Waals surface area contributed by atoms with E-state index in [9.17, 15) is 9.59 Å². The SMILES string of the molecule is Cc1cc(NC(=O)C(=O)NCCCn2ccnc2)no1. The van der Waals surface area contributed by atoms with Crippen LogP contribution in [0.4, 0.5) is 5.82 Å². The molecular formula is C12H15N5O3. The third-order valence-corrected chi connectivity index (χ3v) is 2.51. The van der Waals surface area contributed by atoms with Gasteiger partial charge in [0.2, 0.25) is 0 Å². The molecule has 0 aromatic carbocycles. The van der Waals surface area contributed by atoms with Crippen LogP contribution in [0.2, 0.25) is 0 Å². The molecule has 0 aliphatic carbocycles. The number of hydrogen-bond acceptors (Lipinski definition) is 5. The van der Waals surface area contributed by atoms with Crippen molar-refractivity contribution in [2.24, 2.45) is 0 Å². The van der Waals surface area contributed by atoms with E-state index < -0.39 is 11.8 Å². The number of aromatic nitrogens is 3. The topological polar surface area (TPSA) is 102 Å². The van der Waals surface area contributed by atoms with Crippen molar-refractivity contribution < 1.29 is 14.1 Å². The highest BCUT2D eigenvalue weighted by molar-refractivity contribution is 6.39. The van der Waals surface area contributed by atoms with E-state index in [0.29, 0.717) is 18.7 Å². The van der Waals surface area contributed by atoms with Gasteiger partial charge in [0, 0.05) is 31.5 Å². The Labute approximate surface area is 115 Å². The van der Waals surface area contributed by atoms with Crippen LogP contribution in [0.5, 0.6) is 0 Å². The van der Waals surface area contributed by atoms with Gasteiger partial charge in [0.1, 0.15) is 5.76 Å². The molecule has 0 radical (unpaired) electrons. The number of carbonyl (C=O) groups is 2. The first-order valence-corrected chi connectivity index (χ1v) is 6.13. The number of hydrogen-bond donors (Lipinski definition) is 2. The molecule has 106 valence electrons.